The van der Waals surface area contributed by atoms with Gasteiger partial charge < -0.3 is 70.0 Å². The van der Waals surface area contributed by atoms with Gasteiger partial charge in [-0.1, -0.05) is 18.3 Å². The van der Waals surface area contributed by atoms with Crippen molar-refractivity contribution in [3.05, 3.63) is 29.0 Å². The van der Waals surface area contributed by atoms with E-state index in [4.69, 9.17) is 80.2 Å². The van der Waals surface area contributed by atoms with Crippen molar-refractivity contribution in [3.63, 3.8) is 0 Å². The summed E-state index contributed by atoms with van der Waals surface area (Å²) >= 11 is 4.67. The molecule has 0 atom stereocenters. The Hall–Kier alpha value is -1.79. The SMILES string of the molecule is N.N.O=C(O)O.O=C(O)O.O=C(O)O.O=C(O)O.O=C(O)O.On1ccccc1=S.[H-].[Na+].[Zr].[Zr]. The van der Waals surface area contributed by atoms with Gasteiger partial charge in [0.25, 0.3) is 0 Å². The average Bonchev–Trinajstić information content (AvgIpc) is 2.39. The molecule has 0 aliphatic rings. The van der Waals surface area contributed by atoms with Crippen LogP contribution in [0.3, 0.4) is 0 Å². The number of hydrogen-bond donors (Lipinski definition) is 13. The molecule has 17 N–H and O–H groups in total. The zero-order valence-corrected chi connectivity index (χ0v) is 24.3. The molecule has 0 spiro atoms. The standard InChI is InChI=1S/C5H5NOS.5CH2O3.2H3N.Na.2Zr.H/c7-6-4-2-1-3-5(6)8;5*2-1(3)4;;;;;;/h1-4,7H;5*(H2,2,3,4);2*1H3;;;;/q;;;;;;;;+1;;;-1. The summed E-state index contributed by atoms with van der Waals surface area (Å²) in [7, 11) is 0. The minimum atomic E-state index is -1.83. The summed E-state index contributed by atoms with van der Waals surface area (Å²) < 4.78 is 1.32. The number of carbonyl (C=O) groups is 5. The van der Waals surface area contributed by atoms with Crippen LogP contribution in [0.5, 0.6) is 0 Å². The molecule has 1 aromatic rings. The zero-order valence-electron chi connectivity index (χ0n) is 17.5. The van der Waals surface area contributed by atoms with Crippen LogP contribution in [0.1, 0.15) is 1.43 Å². The first-order valence-corrected chi connectivity index (χ1v) is 5.84. The Morgan fingerprint density at radius 3 is 0.909 bits per heavy atom. The van der Waals surface area contributed by atoms with Crippen LogP contribution < -0.4 is 41.9 Å². The molecule has 0 fully saturated rings. The van der Waals surface area contributed by atoms with E-state index in [0.29, 0.717) is 4.64 Å². The van der Waals surface area contributed by atoms with Crippen molar-refractivity contribution in [1.29, 1.82) is 0 Å². The van der Waals surface area contributed by atoms with Gasteiger partial charge in [0, 0.05) is 58.6 Å². The molecule has 33 heavy (non-hydrogen) atoms. The van der Waals surface area contributed by atoms with Crippen LogP contribution >= 0.6 is 12.2 Å². The summed E-state index contributed by atoms with van der Waals surface area (Å²) in [4.78, 5) is 42.8. The first kappa shape index (κ1) is 63.3. The fourth-order valence-corrected chi connectivity index (χ4v) is 0.558. The van der Waals surface area contributed by atoms with Gasteiger partial charge in [-0.05, 0) is 12.1 Å². The number of hydrogen-bond acceptors (Lipinski definition) is 9. The Balaban J connectivity index is -0.0000000206. The van der Waals surface area contributed by atoms with E-state index in [1.54, 1.807) is 18.2 Å². The predicted molar refractivity (Wildman–Crippen MR) is 96.9 cm³/mol. The normalized spacial score (nSPS) is 5.82. The predicted octanol–water partition coefficient (Wildman–Crippen LogP) is 0.00239. The monoisotopic (exact) mass is 675 g/mol. The Morgan fingerprint density at radius 1 is 0.636 bits per heavy atom. The van der Waals surface area contributed by atoms with Crippen LogP contribution in [0.2, 0.25) is 0 Å². The summed E-state index contributed by atoms with van der Waals surface area (Å²) in [6, 6.07) is 5.13. The third-order valence-electron chi connectivity index (χ3n) is 0.803. The number of rotatable bonds is 0. The fraction of sp³-hybridized carbons (Fsp3) is 0. The van der Waals surface area contributed by atoms with Gasteiger partial charge in [0.15, 0.2) is 0 Å². The summed E-state index contributed by atoms with van der Waals surface area (Å²) in [5.41, 5.74) is 0. The number of nitrogens with zero attached hydrogens (tertiary/aromatic N) is 1. The van der Waals surface area contributed by atoms with Gasteiger partial charge in [0.05, 0.1) is 0 Å². The molecule has 0 saturated heterocycles. The van der Waals surface area contributed by atoms with Crippen molar-refractivity contribution in [3.8, 4) is 0 Å². The van der Waals surface area contributed by atoms with Crippen molar-refractivity contribution in [2.24, 2.45) is 0 Å². The Kier molecular flexibility index (Phi) is 91.8. The van der Waals surface area contributed by atoms with Crippen LogP contribution in [0.15, 0.2) is 24.4 Å². The number of pyridine rings is 1. The van der Waals surface area contributed by atoms with Crippen LogP contribution in [0, 0.1) is 4.64 Å². The molecule has 19 nitrogen and oxygen atoms in total. The van der Waals surface area contributed by atoms with Crippen molar-refractivity contribution < 1.29 is 164 Å². The van der Waals surface area contributed by atoms with Gasteiger partial charge in [-0.2, -0.15) is 4.73 Å². The summed E-state index contributed by atoms with van der Waals surface area (Å²) in [6.07, 6.45) is -7.68. The molecule has 188 valence electrons. The third-order valence-corrected chi connectivity index (χ3v) is 1.13. The van der Waals surface area contributed by atoms with Crippen molar-refractivity contribution >= 4 is 43.0 Å². The van der Waals surface area contributed by atoms with Gasteiger partial charge >= 0.3 is 60.3 Å². The Bertz CT molecular complexity index is 582. The fourth-order valence-electron chi connectivity index (χ4n) is 0.419. The molecule has 0 saturated carbocycles. The van der Waals surface area contributed by atoms with Crippen molar-refractivity contribution in [2.45, 2.75) is 0 Å². The van der Waals surface area contributed by atoms with Crippen LogP contribution in [0.25, 0.3) is 0 Å². The van der Waals surface area contributed by atoms with Crippen LogP contribution in [-0.4, -0.2) is 91.8 Å². The molecule has 0 bridgehead atoms. The number of aromatic nitrogens is 1. The second-order valence-electron chi connectivity index (χ2n) is 2.80. The van der Waals surface area contributed by atoms with E-state index in [2.05, 4.69) is 12.2 Å². The van der Waals surface area contributed by atoms with Gasteiger partial charge in [-0.25, -0.2) is 24.0 Å². The second kappa shape index (κ2) is 47.8. The van der Waals surface area contributed by atoms with Gasteiger partial charge in [0.2, 0.25) is 0 Å². The summed E-state index contributed by atoms with van der Waals surface area (Å²) in [5, 5.41) is 78.5. The molecule has 0 amide bonds. The van der Waals surface area contributed by atoms with E-state index in [9.17, 15) is 0 Å². The molecule has 0 aliphatic heterocycles. The number of carboxylic acid groups (broad SMARTS) is 10. The van der Waals surface area contributed by atoms with E-state index in [0.717, 1.165) is 4.73 Å². The van der Waals surface area contributed by atoms with E-state index in [1.165, 1.54) is 6.20 Å². The van der Waals surface area contributed by atoms with Crippen LogP contribution in [-0.2, 0) is 52.4 Å². The quantitative estimate of drug-likeness (QED) is 0.0975. The van der Waals surface area contributed by atoms with Gasteiger partial charge in [0.1, 0.15) is 4.64 Å². The Morgan fingerprint density at radius 2 is 0.818 bits per heavy atom. The molecule has 0 aliphatic carbocycles. The van der Waals surface area contributed by atoms with E-state index < -0.39 is 30.8 Å². The molecular weight excluding hydrogens is 656 g/mol. The molecule has 0 unspecified atom stereocenters. The first-order chi connectivity index (χ1) is 12.5. The first-order valence-electron chi connectivity index (χ1n) is 5.43. The maximum Gasteiger partial charge on any atom is 1.00 e. The third kappa shape index (κ3) is 284. The van der Waals surface area contributed by atoms with E-state index in [-0.39, 0.29) is 95.7 Å². The smallest absolute Gasteiger partial charge is 1.00 e. The minimum Gasteiger partial charge on any atom is -1.00 e. The van der Waals surface area contributed by atoms with Crippen molar-refractivity contribution in [1.82, 2.24) is 17.0 Å². The second-order valence-corrected chi connectivity index (χ2v) is 3.21. The average molecular weight is 678 g/mol. The molecule has 1 rings (SSSR count). The molecule has 0 radical (unpaired) electrons. The van der Waals surface area contributed by atoms with Gasteiger partial charge in [-0.15, -0.1) is 0 Å². The molecule has 23 heteroatoms. The summed E-state index contributed by atoms with van der Waals surface area (Å²) in [5.74, 6) is 0. The minimum absolute atomic E-state index is 0. The largest absolute Gasteiger partial charge is 1.00 e. The van der Waals surface area contributed by atoms with Crippen molar-refractivity contribution in [2.75, 3.05) is 0 Å². The van der Waals surface area contributed by atoms with Crippen LogP contribution in [0.4, 0.5) is 24.0 Å². The van der Waals surface area contributed by atoms with E-state index >= 15 is 0 Å². The topological polar surface area (TPSA) is 383 Å². The maximum absolute atomic E-state index is 8.73. The molecule has 1 aromatic heterocycles. The zero-order chi connectivity index (χ0) is 23.9. The summed E-state index contributed by atoms with van der Waals surface area (Å²) in [6.45, 7) is 0. The molecular formula is C10H22N3NaO16SZr2. The Labute approximate surface area is 250 Å². The van der Waals surface area contributed by atoms with Gasteiger partial charge in [-0.3, -0.25) is 0 Å². The maximum atomic E-state index is 8.73. The van der Waals surface area contributed by atoms with E-state index in [1.807, 2.05) is 0 Å². The molecule has 0 aromatic carbocycles. The molecule has 1 heterocycles.